The number of carboxylic acid groups (broad SMARTS) is 1. The highest BCUT2D eigenvalue weighted by Crippen LogP contribution is 2.20. The number of pyridine rings is 1. The molecule has 8 heteroatoms. The van der Waals surface area contributed by atoms with E-state index in [9.17, 15) is 9.59 Å². The molecule has 0 saturated carbocycles. The van der Waals surface area contributed by atoms with Gasteiger partial charge in [0.1, 0.15) is 6.33 Å². The second kappa shape index (κ2) is 5.13. The molecule has 1 amide bonds. The van der Waals surface area contributed by atoms with Gasteiger partial charge >= 0.3 is 5.97 Å². The van der Waals surface area contributed by atoms with Crippen LogP contribution in [-0.4, -0.2) is 31.6 Å². The molecule has 2 aromatic rings. The Labute approximate surface area is 110 Å². The van der Waals surface area contributed by atoms with Crippen LogP contribution in [0.2, 0.25) is 0 Å². The highest BCUT2D eigenvalue weighted by Gasteiger charge is 2.10. The van der Waals surface area contributed by atoms with Crippen molar-refractivity contribution in [3.8, 4) is 0 Å². The van der Waals surface area contributed by atoms with E-state index in [4.69, 9.17) is 5.11 Å². The number of carboxylic acids is 1. The van der Waals surface area contributed by atoms with Crippen LogP contribution in [0.25, 0.3) is 5.65 Å². The highest BCUT2D eigenvalue weighted by molar-refractivity contribution is 9.10. The molecule has 0 aliphatic rings. The number of hydrogen-bond donors (Lipinski definition) is 2. The van der Waals surface area contributed by atoms with Gasteiger partial charge in [0.25, 0.3) is 0 Å². The maximum atomic E-state index is 11.5. The molecular formula is C10H9BrN4O3. The smallest absolute Gasteiger partial charge is 0.303 e. The molecule has 0 saturated heterocycles. The van der Waals surface area contributed by atoms with E-state index in [0.29, 0.717) is 11.3 Å². The number of aromatic nitrogens is 3. The van der Waals surface area contributed by atoms with Gasteiger partial charge in [-0.15, -0.1) is 10.2 Å². The molecule has 2 heterocycles. The molecule has 0 aromatic carbocycles. The number of halogens is 1. The van der Waals surface area contributed by atoms with Crippen molar-refractivity contribution in [1.82, 2.24) is 14.6 Å². The van der Waals surface area contributed by atoms with Gasteiger partial charge < -0.3 is 10.4 Å². The number of fused-ring (bicyclic) bond motifs is 1. The number of aliphatic carboxylic acids is 1. The summed E-state index contributed by atoms with van der Waals surface area (Å²) in [4.78, 5) is 21.9. The summed E-state index contributed by atoms with van der Waals surface area (Å²) in [6.45, 7) is 0. The van der Waals surface area contributed by atoms with Gasteiger partial charge in [-0.3, -0.25) is 14.0 Å². The van der Waals surface area contributed by atoms with Crippen LogP contribution < -0.4 is 5.32 Å². The molecule has 7 nitrogen and oxygen atoms in total. The molecule has 0 aliphatic carbocycles. The number of amides is 1. The minimum Gasteiger partial charge on any atom is -0.481 e. The largest absolute Gasteiger partial charge is 0.481 e. The fraction of sp³-hybridized carbons (Fsp3) is 0.200. The third-order valence-electron chi connectivity index (χ3n) is 2.20. The van der Waals surface area contributed by atoms with Gasteiger partial charge in [0, 0.05) is 17.1 Å². The molecule has 0 fully saturated rings. The number of nitrogens with one attached hydrogen (secondary N) is 1. The molecule has 2 aromatic heterocycles. The van der Waals surface area contributed by atoms with E-state index < -0.39 is 5.97 Å². The fourth-order valence-corrected chi connectivity index (χ4v) is 1.88. The Morgan fingerprint density at radius 3 is 2.94 bits per heavy atom. The summed E-state index contributed by atoms with van der Waals surface area (Å²) in [5.41, 5.74) is 0.985. The Balaban J connectivity index is 2.18. The van der Waals surface area contributed by atoms with E-state index in [1.807, 2.05) is 0 Å². The zero-order valence-corrected chi connectivity index (χ0v) is 10.7. The van der Waals surface area contributed by atoms with Gasteiger partial charge in [0.2, 0.25) is 5.91 Å². The summed E-state index contributed by atoms with van der Waals surface area (Å²) in [7, 11) is 0. The molecular weight excluding hydrogens is 304 g/mol. The Morgan fingerprint density at radius 1 is 1.44 bits per heavy atom. The molecule has 0 aliphatic heterocycles. The van der Waals surface area contributed by atoms with Crippen molar-refractivity contribution in [2.24, 2.45) is 0 Å². The van der Waals surface area contributed by atoms with E-state index in [1.165, 1.54) is 6.33 Å². The summed E-state index contributed by atoms with van der Waals surface area (Å²) in [6, 6.07) is 1.68. The van der Waals surface area contributed by atoms with Crippen molar-refractivity contribution < 1.29 is 14.7 Å². The van der Waals surface area contributed by atoms with Crippen LogP contribution in [-0.2, 0) is 9.59 Å². The SMILES string of the molecule is O=C(O)CCC(=O)Nc1cc(Br)cn2cnnc12. The lowest BCUT2D eigenvalue weighted by Crippen LogP contribution is -2.14. The topological polar surface area (TPSA) is 96.6 Å². The number of anilines is 1. The van der Waals surface area contributed by atoms with Crippen LogP contribution in [0, 0.1) is 0 Å². The van der Waals surface area contributed by atoms with Crippen molar-refractivity contribution in [2.75, 3.05) is 5.32 Å². The monoisotopic (exact) mass is 312 g/mol. The zero-order chi connectivity index (χ0) is 13.1. The predicted molar refractivity (Wildman–Crippen MR) is 66.2 cm³/mol. The molecule has 0 bridgehead atoms. The second-order valence-electron chi connectivity index (χ2n) is 3.58. The number of nitrogens with zero attached hydrogens (tertiary/aromatic N) is 3. The maximum absolute atomic E-state index is 11.5. The first-order valence-electron chi connectivity index (χ1n) is 5.07. The molecule has 0 unspecified atom stereocenters. The van der Waals surface area contributed by atoms with Gasteiger partial charge in [-0.05, 0) is 22.0 Å². The van der Waals surface area contributed by atoms with E-state index in [2.05, 4.69) is 31.4 Å². The summed E-state index contributed by atoms with van der Waals surface area (Å²) < 4.78 is 2.40. The van der Waals surface area contributed by atoms with Gasteiger partial charge in [0.05, 0.1) is 12.1 Å². The van der Waals surface area contributed by atoms with Crippen molar-refractivity contribution in [3.63, 3.8) is 0 Å². The maximum Gasteiger partial charge on any atom is 0.303 e. The molecule has 0 spiro atoms. The average Bonchev–Trinajstić information content (AvgIpc) is 2.74. The van der Waals surface area contributed by atoms with Crippen molar-refractivity contribution in [2.45, 2.75) is 12.8 Å². The van der Waals surface area contributed by atoms with Crippen LogP contribution in [0.5, 0.6) is 0 Å². The summed E-state index contributed by atoms with van der Waals surface area (Å²) in [5.74, 6) is -1.38. The van der Waals surface area contributed by atoms with Crippen LogP contribution in [0.4, 0.5) is 5.69 Å². The number of hydrogen-bond acceptors (Lipinski definition) is 4. The zero-order valence-electron chi connectivity index (χ0n) is 9.13. The van der Waals surface area contributed by atoms with Crippen LogP contribution >= 0.6 is 15.9 Å². The Hall–Kier alpha value is -1.96. The molecule has 2 N–H and O–H groups in total. The molecule has 94 valence electrons. The van der Waals surface area contributed by atoms with E-state index >= 15 is 0 Å². The van der Waals surface area contributed by atoms with E-state index in [1.54, 1.807) is 16.7 Å². The molecule has 18 heavy (non-hydrogen) atoms. The first-order chi connectivity index (χ1) is 8.56. The minimum absolute atomic E-state index is 0.0812. The number of carbonyl (C=O) groups excluding carboxylic acids is 1. The Kier molecular flexibility index (Phi) is 3.56. The van der Waals surface area contributed by atoms with Crippen molar-refractivity contribution >= 4 is 39.1 Å². The number of carbonyl (C=O) groups is 2. The second-order valence-corrected chi connectivity index (χ2v) is 4.49. The molecule has 2 rings (SSSR count). The lowest BCUT2D eigenvalue weighted by molar-refractivity contribution is -0.138. The summed E-state index contributed by atoms with van der Waals surface area (Å²) in [6.07, 6.45) is 2.97. The predicted octanol–water partition coefficient (Wildman–Crippen LogP) is 1.30. The van der Waals surface area contributed by atoms with Gasteiger partial charge in [-0.2, -0.15) is 0 Å². The first-order valence-corrected chi connectivity index (χ1v) is 5.86. The van der Waals surface area contributed by atoms with Gasteiger partial charge in [-0.25, -0.2) is 0 Å². The number of rotatable bonds is 4. The standard InChI is InChI=1S/C10H9BrN4O3/c11-6-3-7(10-14-12-5-15(10)4-6)13-8(16)1-2-9(17)18/h3-5H,1-2H2,(H,13,16)(H,17,18). The van der Waals surface area contributed by atoms with E-state index in [-0.39, 0.29) is 18.7 Å². The lowest BCUT2D eigenvalue weighted by atomic mass is 10.3. The fourth-order valence-electron chi connectivity index (χ4n) is 1.43. The normalized spacial score (nSPS) is 10.5. The quantitative estimate of drug-likeness (QED) is 0.887. The van der Waals surface area contributed by atoms with Crippen molar-refractivity contribution in [1.29, 1.82) is 0 Å². The van der Waals surface area contributed by atoms with Crippen LogP contribution in [0.15, 0.2) is 23.1 Å². The van der Waals surface area contributed by atoms with Crippen molar-refractivity contribution in [3.05, 3.63) is 23.1 Å². The van der Waals surface area contributed by atoms with E-state index in [0.717, 1.165) is 4.47 Å². The summed E-state index contributed by atoms with van der Waals surface area (Å²) >= 11 is 3.30. The lowest BCUT2D eigenvalue weighted by Gasteiger charge is -2.06. The average molecular weight is 313 g/mol. The summed E-state index contributed by atoms with van der Waals surface area (Å²) in [5, 5.41) is 18.7. The Morgan fingerprint density at radius 2 is 2.22 bits per heavy atom. The molecule has 0 radical (unpaired) electrons. The van der Waals surface area contributed by atoms with Gasteiger partial charge in [0.15, 0.2) is 5.65 Å². The third kappa shape index (κ3) is 2.83. The molecule has 0 atom stereocenters. The Bertz CT molecular complexity index is 610. The first kappa shape index (κ1) is 12.5. The van der Waals surface area contributed by atoms with Crippen LogP contribution in [0.1, 0.15) is 12.8 Å². The third-order valence-corrected chi connectivity index (χ3v) is 2.63. The minimum atomic E-state index is -1.01. The van der Waals surface area contributed by atoms with Crippen LogP contribution in [0.3, 0.4) is 0 Å². The highest BCUT2D eigenvalue weighted by atomic mass is 79.9. The van der Waals surface area contributed by atoms with Gasteiger partial charge in [-0.1, -0.05) is 0 Å².